The van der Waals surface area contributed by atoms with Gasteiger partial charge in [-0.3, -0.25) is 14.8 Å². The smallest absolute Gasteiger partial charge is 0.401 e. The molecule has 3 aromatic carbocycles. The minimum atomic E-state index is -4.31. The second-order valence-electron chi connectivity index (χ2n) is 11.9. The molecule has 0 aromatic heterocycles. The largest absolute Gasteiger partial charge is 0.508 e. The zero-order valence-corrected chi connectivity index (χ0v) is 25.3. The summed E-state index contributed by atoms with van der Waals surface area (Å²) in [6.45, 7) is 3.68. The monoisotopic (exact) mass is 609 g/mol. The number of benzene rings is 3. The van der Waals surface area contributed by atoms with Gasteiger partial charge in [0.1, 0.15) is 23.4 Å². The third kappa shape index (κ3) is 6.62. The van der Waals surface area contributed by atoms with Crippen LogP contribution in [0.2, 0.25) is 0 Å². The van der Waals surface area contributed by atoms with Gasteiger partial charge < -0.3 is 20.0 Å². The van der Waals surface area contributed by atoms with Crippen LogP contribution in [0.3, 0.4) is 0 Å². The summed E-state index contributed by atoms with van der Waals surface area (Å²) < 4.78 is 39.2. The Morgan fingerprint density at radius 3 is 2.00 bits per heavy atom. The van der Waals surface area contributed by atoms with Gasteiger partial charge in [-0.25, -0.2) is 4.79 Å². The van der Waals surface area contributed by atoms with Gasteiger partial charge in [0, 0.05) is 51.5 Å². The van der Waals surface area contributed by atoms with E-state index in [0.717, 1.165) is 27.9 Å². The number of aromatic hydroxyl groups is 2. The molecule has 1 saturated heterocycles. The Balaban J connectivity index is 1.63. The fourth-order valence-electron chi connectivity index (χ4n) is 5.85. The fraction of sp³-hybridized carbons (Fsp3) is 0.394. The molecule has 1 fully saturated rings. The number of anilines is 1. The van der Waals surface area contributed by atoms with E-state index in [-0.39, 0.29) is 49.6 Å². The summed E-state index contributed by atoms with van der Waals surface area (Å²) in [7, 11) is 3.86. The average Bonchev–Trinajstić information content (AvgIpc) is 3.37. The fourth-order valence-corrected chi connectivity index (χ4v) is 5.85. The number of carbonyl (C=O) groups is 1. The summed E-state index contributed by atoms with van der Waals surface area (Å²) in [5.74, 6) is 0.893. The summed E-state index contributed by atoms with van der Waals surface area (Å²) in [6, 6.07) is 17.8. The molecule has 2 atom stereocenters. The summed E-state index contributed by atoms with van der Waals surface area (Å²) in [5, 5.41) is 20.1. The molecule has 2 aliphatic heterocycles. The first-order chi connectivity index (χ1) is 20.8. The normalized spacial score (nSPS) is 19.4. The Labute approximate surface area is 255 Å². The van der Waals surface area contributed by atoms with Crippen LogP contribution in [0.15, 0.2) is 71.7 Å². The molecule has 5 rings (SSSR count). The highest BCUT2D eigenvalue weighted by Gasteiger charge is 2.45. The lowest BCUT2D eigenvalue weighted by atomic mass is 9.93. The first-order valence-corrected chi connectivity index (χ1v) is 14.7. The van der Waals surface area contributed by atoms with Crippen LogP contribution in [-0.4, -0.2) is 89.8 Å². The molecule has 11 heteroatoms. The molecule has 0 saturated carbocycles. The highest BCUT2D eigenvalue weighted by atomic mass is 19.4. The van der Waals surface area contributed by atoms with E-state index < -0.39 is 24.8 Å². The number of halogens is 3. The number of hydrogen-bond acceptors (Lipinski definition) is 6. The van der Waals surface area contributed by atoms with Crippen molar-refractivity contribution in [2.45, 2.75) is 38.0 Å². The van der Waals surface area contributed by atoms with E-state index in [9.17, 15) is 28.2 Å². The number of phenols is 2. The number of piperazine rings is 1. The predicted octanol–water partition coefficient (Wildman–Crippen LogP) is 6.13. The standard InChI is InChI=1S/C33H38F3N5O3/c1-21(2)24-9-14-27(28(19-24)38(3)4)31-37-29(22-5-10-25(42)11-6-22)30(23-7-12-26(43)13-8-23)41(31)32(44)40-17-15-39(16-18-40)20-33(34,35)36/h5-14,19,21,29-30,42-43H,15-18,20H2,1-4H3. The van der Waals surface area contributed by atoms with Crippen LogP contribution < -0.4 is 4.90 Å². The summed E-state index contributed by atoms with van der Waals surface area (Å²) in [6.07, 6.45) is -4.31. The van der Waals surface area contributed by atoms with E-state index in [1.165, 1.54) is 4.90 Å². The molecule has 3 aromatic rings. The number of aliphatic imine (C=N–C) groups is 1. The first kappa shape index (κ1) is 31.2. The molecule has 2 aliphatic rings. The molecule has 234 valence electrons. The van der Waals surface area contributed by atoms with Crippen LogP contribution in [-0.2, 0) is 0 Å². The molecule has 0 radical (unpaired) electrons. The lowest BCUT2D eigenvalue weighted by molar-refractivity contribution is -0.148. The Morgan fingerprint density at radius 2 is 1.48 bits per heavy atom. The maximum atomic E-state index is 14.5. The van der Waals surface area contributed by atoms with Crippen molar-refractivity contribution in [3.8, 4) is 11.5 Å². The highest BCUT2D eigenvalue weighted by Crippen LogP contribution is 2.46. The van der Waals surface area contributed by atoms with Crippen molar-refractivity contribution in [2.24, 2.45) is 4.99 Å². The Hall–Kier alpha value is -4.25. The third-order valence-electron chi connectivity index (χ3n) is 8.20. The van der Waals surface area contributed by atoms with E-state index >= 15 is 0 Å². The summed E-state index contributed by atoms with van der Waals surface area (Å²) in [4.78, 5) is 26.3. The van der Waals surface area contributed by atoms with Crippen molar-refractivity contribution in [1.29, 1.82) is 0 Å². The van der Waals surface area contributed by atoms with Crippen molar-refractivity contribution in [3.05, 3.63) is 89.0 Å². The van der Waals surface area contributed by atoms with Crippen molar-refractivity contribution in [1.82, 2.24) is 14.7 Å². The zero-order valence-electron chi connectivity index (χ0n) is 25.3. The molecule has 44 heavy (non-hydrogen) atoms. The molecular weight excluding hydrogens is 571 g/mol. The number of urea groups is 1. The predicted molar refractivity (Wildman–Crippen MR) is 164 cm³/mol. The Kier molecular flexibility index (Phi) is 8.78. The van der Waals surface area contributed by atoms with Gasteiger partial charge in [-0.15, -0.1) is 0 Å². The number of phenolic OH excluding ortho intramolecular Hbond substituents is 2. The number of carbonyl (C=O) groups excluding carboxylic acids is 1. The highest BCUT2D eigenvalue weighted by molar-refractivity contribution is 6.12. The molecule has 0 bridgehead atoms. The van der Waals surface area contributed by atoms with Crippen LogP contribution in [0.4, 0.5) is 23.7 Å². The maximum Gasteiger partial charge on any atom is 0.401 e. The number of amides is 2. The SMILES string of the molecule is CC(C)c1ccc(C2=NC(c3ccc(O)cc3)C(c3ccc(O)cc3)N2C(=O)N2CCN(CC(F)(F)F)CC2)c(N(C)C)c1. The lowest BCUT2D eigenvalue weighted by Gasteiger charge is -2.39. The number of amidine groups is 1. The molecule has 8 nitrogen and oxygen atoms in total. The van der Waals surface area contributed by atoms with Crippen molar-refractivity contribution in [3.63, 3.8) is 0 Å². The maximum absolute atomic E-state index is 14.5. The summed E-state index contributed by atoms with van der Waals surface area (Å²) >= 11 is 0. The van der Waals surface area contributed by atoms with Crippen LogP contribution >= 0.6 is 0 Å². The number of rotatable bonds is 6. The quantitative estimate of drug-likeness (QED) is 0.351. The van der Waals surface area contributed by atoms with E-state index in [1.54, 1.807) is 58.3 Å². The second kappa shape index (κ2) is 12.4. The van der Waals surface area contributed by atoms with Crippen molar-refractivity contribution < 1.29 is 28.2 Å². The van der Waals surface area contributed by atoms with Gasteiger partial charge in [-0.1, -0.05) is 44.2 Å². The number of alkyl halides is 3. The molecule has 0 aliphatic carbocycles. The average molecular weight is 610 g/mol. The molecule has 2 amide bonds. The van der Waals surface area contributed by atoms with Gasteiger partial charge in [0.25, 0.3) is 0 Å². The van der Waals surface area contributed by atoms with E-state index in [2.05, 4.69) is 19.9 Å². The molecular formula is C33H38F3N5O3. The van der Waals surface area contributed by atoms with E-state index in [0.29, 0.717) is 5.84 Å². The molecule has 0 spiro atoms. The molecule has 2 heterocycles. The zero-order chi connectivity index (χ0) is 31.8. The van der Waals surface area contributed by atoms with Gasteiger partial charge in [-0.2, -0.15) is 13.2 Å². The van der Waals surface area contributed by atoms with Crippen LogP contribution in [0.1, 0.15) is 54.1 Å². The van der Waals surface area contributed by atoms with Crippen LogP contribution in [0.25, 0.3) is 0 Å². The van der Waals surface area contributed by atoms with Gasteiger partial charge in [0.05, 0.1) is 12.6 Å². The van der Waals surface area contributed by atoms with Gasteiger partial charge >= 0.3 is 12.2 Å². The minimum Gasteiger partial charge on any atom is -0.508 e. The topological polar surface area (TPSA) is 82.8 Å². The second-order valence-corrected chi connectivity index (χ2v) is 11.9. The summed E-state index contributed by atoms with van der Waals surface area (Å²) in [5.41, 5.74) is 4.25. The van der Waals surface area contributed by atoms with Gasteiger partial charge in [0.15, 0.2) is 0 Å². The number of hydrogen-bond donors (Lipinski definition) is 2. The van der Waals surface area contributed by atoms with E-state index in [1.807, 2.05) is 31.1 Å². The first-order valence-electron chi connectivity index (χ1n) is 14.7. The lowest BCUT2D eigenvalue weighted by Crippen LogP contribution is -2.55. The van der Waals surface area contributed by atoms with Crippen molar-refractivity contribution >= 4 is 17.6 Å². The Morgan fingerprint density at radius 1 is 0.909 bits per heavy atom. The van der Waals surface area contributed by atoms with Crippen LogP contribution in [0, 0.1) is 0 Å². The van der Waals surface area contributed by atoms with Crippen LogP contribution in [0.5, 0.6) is 11.5 Å². The molecule has 2 N–H and O–H groups in total. The van der Waals surface area contributed by atoms with Gasteiger partial charge in [-0.05, 0) is 59.0 Å². The van der Waals surface area contributed by atoms with Gasteiger partial charge in [0.2, 0.25) is 0 Å². The third-order valence-corrected chi connectivity index (χ3v) is 8.20. The Bertz CT molecular complexity index is 1500. The minimum absolute atomic E-state index is 0.0758. The molecule has 2 unspecified atom stereocenters. The van der Waals surface area contributed by atoms with Crippen molar-refractivity contribution in [2.75, 3.05) is 51.7 Å². The van der Waals surface area contributed by atoms with E-state index in [4.69, 9.17) is 4.99 Å². The number of nitrogens with zero attached hydrogens (tertiary/aromatic N) is 5.